The van der Waals surface area contributed by atoms with Gasteiger partial charge in [-0.2, -0.15) is 0 Å². The van der Waals surface area contributed by atoms with Crippen LogP contribution < -0.4 is 10.6 Å². The highest BCUT2D eigenvalue weighted by molar-refractivity contribution is 5.99. The van der Waals surface area contributed by atoms with Crippen LogP contribution in [0.15, 0.2) is 18.3 Å². The highest BCUT2D eigenvalue weighted by Crippen LogP contribution is 2.25. The fraction of sp³-hybridized carbons (Fsp3) is 0.500. The third-order valence-electron chi connectivity index (χ3n) is 3.17. The molecule has 1 heterocycles. The van der Waals surface area contributed by atoms with Crippen LogP contribution in [0.5, 0.6) is 0 Å². The zero-order chi connectivity index (χ0) is 12.3. The molecule has 4 heteroatoms. The molecule has 4 nitrogen and oxygen atoms in total. The van der Waals surface area contributed by atoms with Gasteiger partial charge in [0.1, 0.15) is 11.7 Å². The number of amidine groups is 1. The number of nitrogens with one attached hydrogen (secondary N) is 1. The van der Waals surface area contributed by atoms with Crippen molar-refractivity contribution >= 4 is 11.7 Å². The predicted molar refractivity (Wildman–Crippen MR) is 68.0 cm³/mol. The molecule has 0 unspecified atom stereocenters. The van der Waals surface area contributed by atoms with E-state index in [0.717, 1.165) is 12.2 Å². The van der Waals surface area contributed by atoms with Crippen LogP contribution in [0, 0.1) is 5.41 Å². The largest absolute Gasteiger partial charge is 0.384 e. The first-order chi connectivity index (χ1) is 7.40. The molecule has 0 aliphatic rings. The predicted octanol–water partition coefficient (Wildman–Crippen LogP) is 1.99. The van der Waals surface area contributed by atoms with Gasteiger partial charge >= 0.3 is 0 Å². The summed E-state index contributed by atoms with van der Waals surface area (Å²) in [6.07, 6.45) is 2.72. The van der Waals surface area contributed by atoms with Crippen LogP contribution in [0.1, 0.15) is 32.8 Å². The number of aromatic nitrogens is 1. The zero-order valence-corrected chi connectivity index (χ0v) is 10.4. The standard InChI is InChI=1S/C12H20N4/c1-5-12(2,3)16(4)11-9(10(13)14)7-6-8-15-11/h6-8H,5H2,1-4H3,(H3,13,14). The summed E-state index contributed by atoms with van der Waals surface area (Å²) in [6, 6.07) is 3.62. The molecule has 0 aromatic carbocycles. The van der Waals surface area contributed by atoms with Gasteiger partial charge in [0.05, 0.1) is 5.56 Å². The maximum atomic E-state index is 7.54. The fourth-order valence-electron chi connectivity index (χ4n) is 1.40. The average Bonchev–Trinajstić information content (AvgIpc) is 2.28. The summed E-state index contributed by atoms with van der Waals surface area (Å²) >= 11 is 0. The van der Waals surface area contributed by atoms with Crippen molar-refractivity contribution in [3.05, 3.63) is 23.9 Å². The number of hydrogen-bond donors (Lipinski definition) is 2. The first kappa shape index (κ1) is 12.5. The van der Waals surface area contributed by atoms with Crippen molar-refractivity contribution in [1.29, 1.82) is 5.41 Å². The van der Waals surface area contributed by atoms with Crippen molar-refractivity contribution < 1.29 is 0 Å². The van der Waals surface area contributed by atoms with Gasteiger partial charge in [-0.05, 0) is 32.4 Å². The molecule has 0 atom stereocenters. The van der Waals surface area contributed by atoms with Crippen LogP contribution in [-0.2, 0) is 0 Å². The Labute approximate surface area is 97.0 Å². The smallest absolute Gasteiger partial charge is 0.139 e. The monoisotopic (exact) mass is 220 g/mol. The summed E-state index contributed by atoms with van der Waals surface area (Å²) in [5, 5.41) is 7.54. The van der Waals surface area contributed by atoms with Crippen molar-refractivity contribution in [2.24, 2.45) is 5.73 Å². The van der Waals surface area contributed by atoms with Crippen molar-refractivity contribution in [2.75, 3.05) is 11.9 Å². The minimum absolute atomic E-state index is 0.00144. The van der Waals surface area contributed by atoms with Gasteiger partial charge < -0.3 is 10.6 Å². The van der Waals surface area contributed by atoms with Crippen LogP contribution in [0.4, 0.5) is 5.82 Å². The summed E-state index contributed by atoms with van der Waals surface area (Å²) in [6.45, 7) is 6.42. The number of rotatable bonds is 4. The molecule has 0 radical (unpaired) electrons. The second-order valence-corrected chi connectivity index (χ2v) is 4.51. The van der Waals surface area contributed by atoms with E-state index in [1.54, 1.807) is 12.3 Å². The Balaban J connectivity index is 3.18. The van der Waals surface area contributed by atoms with Crippen LogP contribution in [0.3, 0.4) is 0 Å². The Hall–Kier alpha value is -1.58. The summed E-state index contributed by atoms with van der Waals surface area (Å²) in [5.41, 5.74) is 6.24. The van der Waals surface area contributed by atoms with Crippen molar-refractivity contribution in [1.82, 2.24) is 4.98 Å². The van der Waals surface area contributed by atoms with Gasteiger partial charge in [0.2, 0.25) is 0 Å². The molecule has 1 aromatic heterocycles. The average molecular weight is 220 g/mol. The molecular weight excluding hydrogens is 200 g/mol. The number of nitrogen functional groups attached to an aromatic ring is 1. The Morgan fingerprint density at radius 3 is 2.69 bits per heavy atom. The zero-order valence-electron chi connectivity index (χ0n) is 10.4. The van der Waals surface area contributed by atoms with Crippen molar-refractivity contribution in [3.8, 4) is 0 Å². The lowest BCUT2D eigenvalue weighted by Crippen LogP contribution is -2.42. The SMILES string of the molecule is CCC(C)(C)N(C)c1ncccc1C(=N)N. The van der Waals surface area contributed by atoms with E-state index in [2.05, 4.69) is 30.7 Å². The number of anilines is 1. The Bertz CT molecular complexity index is 384. The number of nitrogens with zero attached hydrogens (tertiary/aromatic N) is 2. The molecule has 16 heavy (non-hydrogen) atoms. The molecule has 0 saturated heterocycles. The molecule has 0 aliphatic heterocycles. The normalized spacial score (nSPS) is 11.2. The van der Waals surface area contributed by atoms with Gasteiger partial charge in [0, 0.05) is 18.8 Å². The van der Waals surface area contributed by atoms with Gasteiger partial charge in [-0.3, -0.25) is 5.41 Å². The molecule has 0 saturated carbocycles. The van der Waals surface area contributed by atoms with E-state index in [1.807, 2.05) is 13.1 Å². The molecule has 3 N–H and O–H groups in total. The molecule has 0 spiro atoms. The summed E-state index contributed by atoms with van der Waals surface area (Å²) < 4.78 is 0. The van der Waals surface area contributed by atoms with E-state index in [9.17, 15) is 0 Å². The van der Waals surface area contributed by atoms with E-state index in [-0.39, 0.29) is 11.4 Å². The quantitative estimate of drug-likeness (QED) is 0.602. The molecule has 88 valence electrons. The molecule has 1 aromatic rings. The molecule has 0 bridgehead atoms. The highest BCUT2D eigenvalue weighted by atomic mass is 15.2. The summed E-state index contributed by atoms with van der Waals surface area (Å²) in [7, 11) is 1.98. The Morgan fingerprint density at radius 1 is 1.56 bits per heavy atom. The molecule has 0 amide bonds. The van der Waals surface area contributed by atoms with E-state index >= 15 is 0 Å². The Morgan fingerprint density at radius 2 is 2.19 bits per heavy atom. The summed E-state index contributed by atoms with van der Waals surface area (Å²) in [4.78, 5) is 6.39. The third kappa shape index (κ3) is 2.32. The molecule has 0 fully saturated rings. The molecule has 1 rings (SSSR count). The fourth-order valence-corrected chi connectivity index (χ4v) is 1.40. The maximum absolute atomic E-state index is 7.54. The molecule has 0 aliphatic carbocycles. The van der Waals surface area contributed by atoms with Crippen LogP contribution in [0.2, 0.25) is 0 Å². The maximum Gasteiger partial charge on any atom is 0.139 e. The van der Waals surface area contributed by atoms with Gasteiger partial charge in [0.25, 0.3) is 0 Å². The molecular formula is C12H20N4. The van der Waals surface area contributed by atoms with E-state index in [1.165, 1.54) is 0 Å². The lowest BCUT2D eigenvalue weighted by molar-refractivity contribution is 0.467. The first-order valence-corrected chi connectivity index (χ1v) is 5.43. The number of hydrogen-bond acceptors (Lipinski definition) is 3. The lowest BCUT2D eigenvalue weighted by Gasteiger charge is -2.36. The topological polar surface area (TPSA) is 66.0 Å². The van der Waals surface area contributed by atoms with Crippen LogP contribution in [0.25, 0.3) is 0 Å². The van der Waals surface area contributed by atoms with E-state index in [0.29, 0.717) is 5.56 Å². The lowest BCUT2D eigenvalue weighted by atomic mass is 9.99. The first-order valence-electron chi connectivity index (χ1n) is 5.43. The minimum Gasteiger partial charge on any atom is -0.384 e. The number of pyridine rings is 1. The van der Waals surface area contributed by atoms with E-state index in [4.69, 9.17) is 11.1 Å². The van der Waals surface area contributed by atoms with Gasteiger partial charge in [-0.1, -0.05) is 6.92 Å². The Kier molecular flexibility index (Phi) is 3.52. The van der Waals surface area contributed by atoms with Crippen molar-refractivity contribution in [2.45, 2.75) is 32.7 Å². The van der Waals surface area contributed by atoms with Gasteiger partial charge in [-0.15, -0.1) is 0 Å². The second kappa shape index (κ2) is 4.51. The van der Waals surface area contributed by atoms with E-state index < -0.39 is 0 Å². The van der Waals surface area contributed by atoms with Crippen molar-refractivity contribution in [3.63, 3.8) is 0 Å². The minimum atomic E-state index is -0.00144. The second-order valence-electron chi connectivity index (χ2n) is 4.51. The summed E-state index contributed by atoms with van der Waals surface area (Å²) in [5.74, 6) is 0.823. The van der Waals surface area contributed by atoms with Gasteiger partial charge in [0.15, 0.2) is 0 Å². The van der Waals surface area contributed by atoms with Gasteiger partial charge in [-0.25, -0.2) is 4.98 Å². The number of nitrogens with two attached hydrogens (primary N) is 1. The highest BCUT2D eigenvalue weighted by Gasteiger charge is 2.24. The van der Waals surface area contributed by atoms with Crippen LogP contribution in [-0.4, -0.2) is 23.4 Å². The third-order valence-corrected chi connectivity index (χ3v) is 3.17. The van der Waals surface area contributed by atoms with Crippen LogP contribution >= 0.6 is 0 Å².